The van der Waals surface area contributed by atoms with Crippen LogP contribution in [0, 0.1) is 5.92 Å². The summed E-state index contributed by atoms with van der Waals surface area (Å²) in [5.74, 6) is 2.17. The van der Waals surface area contributed by atoms with Gasteiger partial charge in [-0.25, -0.2) is 0 Å². The van der Waals surface area contributed by atoms with Crippen LogP contribution in [-0.2, 0) is 9.53 Å². The maximum absolute atomic E-state index is 11.9. The third-order valence-electron chi connectivity index (χ3n) is 3.85. The van der Waals surface area contributed by atoms with Gasteiger partial charge in [0.15, 0.2) is 11.5 Å². The van der Waals surface area contributed by atoms with E-state index in [9.17, 15) is 4.79 Å². The fraction of sp³-hybridized carbons (Fsp3) is 0.588. The predicted octanol–water partition coefficient (Wildman–Crippen LogP) is 2.32. The quantitative estimate of drug-likeness (QED) is 0.755. The molecule has 1 amide bonds. The van der Waals surface area contributed by atoms with E-state index in [1.807, 2.05) is 19.1 Å². The van der Waals surface area contributed by atoms with Crippen molar-refractivity contribution < 1.29 is 23.7 Å². The van der Waals surface area contributed by atoms with E-state index in [-0.39, 0.29) is 18.6 Å². The van der Waals surface area contributed by atoms with Crippen molar-refractivity contribution in [3.05, 3.63) is 17.7 Å². The normalized spacial score (nSPS) is 15.0. The molecule has 6 heteroatoms. The molecule has 1 unspecified atom stereocenters. The van der Waals surface area contributed by atoms with Crippen LogP contribution in [0.1, 0.15) is 31.4 Å². The minimum Gasteiger partial charge on any atom is -0.493 e. The van der Waals surface area contributed by atoms with Gasteiger partial charge in [-0.1, -0.05) is 0 Å². The van der Waals surface area contributed by atoms with Crippen molar-refractivity contribution in [1.29, 1.82) is 0 Å². The second-order valence-corrected chi connectivity index (χ2v) is 5.71. The summed E-state index contributed by atoms with van der Waals surface area (Å²) < 4.78 is 21.4. The molecular weight excluding hydrogens is 298 g/mol. The molecule has 6 nitrogen and oxygen atoms in total. The molecule has 1 atom stereocenters. The van der Waals surface area contributed by atoms with Crippen LogP contribution in [-0.4, -0.2) is 40.5 Å². The molecule has 0 aromatic heterocycles. The maximum atomic E-state index is 11.9. The van der Waals surface area contributed by atoms with Crippen LogP contribution in [0.5, 0.6) is 17.2 Å². The van der Waals surface area contributed by atoms with Gasteiger partial charge in [0.1, 0.15) is 6.61 Å². The lowest BCUT2D eigenvalue weighted by Crippen LogP contribution is -2.30. The van der Waals surface area contributed by atoms with Crippen LogP contribution in [0.15, 0.2) is 12.1 Å². The lowest BCUT2D eigenvalue weighted by atomic mass is 10.1. The molecule has 128 valence electrons. The molecule has 0 bridgehead atoms. The minimum absolute atomic E-state index is 0.0886. The first-order valence-corrected chi connectivity index (χ1v) is 7.76. The zero-order chi connectivity index (χ0) is 16.8. The summed E-state index contributed by atoms with van der Waals surface area (Å²) in [5, 5.41) is 2.91. The zero-order valence-electron chi connectivity index (χ0n) is 14.2. The van der Waals surface area contributed by atoms with Gasteiger partial charge in [0.25, 0.3) is 0 Å². The van der Waals surface area contributed by atoms with Gasteiger partial charge >= 0.3 is 0 Å². The maximum Gasteiger partial charge on any atom is 0.246 e. The van der Waals surface area contributed by atoms with Crippen LogP contribution in [0.25, 0.3) is 0 Å². The molecule has 0 aliphatic heterocycles. The Hall–Kier alpha value is -1.95. The first-order chi connectivity index (χ1) is 11.1. The van der Waals surface area contributed by atoms with Crippen molar-refractivity contribution in [1.82, 2.24) is 5.32 Å². The molecule has 1 aliphatic rings. The van der Waals surface area contributed by atoms with Gasteiger partial charge in [0, 0.05) is 0 Å². The number of methoxy groups -OCH3 is 3. The fourth-order valence-electron chi connectivity index (χ4n) is 2.32. The topological polar surface area (TPSA) is 66.0 Å². The van der Waals surface area contributed by atoms with Gasteiger partial charge in [-0.3, -0.25) is 4.79 Å². The molecule has 0 heterocycles. The molecule has 1 aromatic rings. The van der Waals surface area contributed by atoms with Crippen molar-refractivity contribution in [2.75, 3.05) is 34.5 Å². The summed E-state index contributed by atoms with van der Waals surface area (Å²) in [4.78, 5) is 11.9. The van der Waals surface area contributed by atoms with Crippen molar-refractivity contribution >= 4 is 5.91 Å². The van der Waals surface area contributed by atoms with Crippen LogP contribution in [0.2, 0.25) is 0 Å². The van der Waals surface area contributed by atoms with Gasteiger partial charge in [-0.05, 0) is 43.4 Å². The molecular formula is C17H25NO5. The van der Waals surface area contributed by atoms with Crippen LogP contribution >= 0.6 is 0 Å². The van der Waals surface area contributed by atoms with Crippen molar-refractivity contribution in [2.45, 2.75) is 25.8 Å². The number of hydrogen-bond acceptors (Lipinski definition) is 5. The molecule has 1 saturated carbocycles. The average Bonchev–Trinajstić information content (AvgIpc) is 3.37. The second kappa shape index (κ2) is 8.06. The van der Waals surface area contributed by atoms with E-state index in [2.05, 4.69) is 5.32 Å². The van der Waals surface area contributed by atoms with Gasteiger partial charge in [-0.2, -0.15) is 0 Å². The molecule has 1 aliphatic carbocycles. The number of amides is 1. The van der Waals surface area contributed by atoms with E-state index < -0.39 is 0 Å². The average molecular weight is 323 g/mol. The number of ether oxygens (including phenoxy) is 4. The first kappa shape index (κ1) is 17.4. The molecule has 0 radical (unpaired) electrons. The van der Waals surface area contributed by atoms with E-state index in [4.69, 9.17) is 18.9 Å². The zero-order valence-corrected chi connectivity index (χ0v) is 14.2. The summed E-state index contributed by atoms with van der Waals surface area (Å²) in [6.45, 7) is 2.66. The number of carbonyl (C=O) groups excluding carboxylic acids is 1. The standard InChI is InChI=1S/C17H25NO5/c1-11(18-16(19)10-23-9-12-5-6-12)13-7-14(20-2)17(22-4)15(8-13)21-3/h7-8,11-12H,5-6,9-10H2,1-4H3,(H,18,19). The number of hydrogen-bond donors (Lipinski definition) is 1. The highest BCUT2D eigenvalue weighted by atomic mass is 16.5. The summed E-state index contributed by atoms with van der Waals surface area (Å²) in [5.41, 5.74) is 0.870. The summed E-state index contributed by atoms with van der Waals surface area (Å²) in [6, 6.07) is 3.47. The van der Waals surface area contributed by atoms with Gasteiger partial charge in [0.2, 0.25) is 11.7 Å². The van der Waals surface area contributed by atoms with E-state index in [0.29, 0.717) is 29.8 Å². The van der Waals surface area contributed by atoms with E-state index in [0.717, 1.165) is 5.56 Å². The molecule has 1 fully saturated rings. The number of carbonyl (C=O) groups is 1. The molecule has 0 spiro atoms. The molecule has 0 saturated heterocycles. The Morgan fingerprint density at radius 2 is 1.78 bits per heavy atom. The van der Waals surface area contributed by atoms with Crippen LogP contribution in [0.3, 0.4) is 0 Å². The third-order valence-corrected chi connectivity index (χ3v) is 3.85. The van der Waals surface area contributed by atoms with E-state index in [1.54, 1.807) is 21.3 Å². The summed E-state index contributed by atoms with van der Waals surface area (Å²) in [7, 11) is 4.69. The Kier molecular flexibility index (Phi) is 6.10. The van der Waals surface area contributed by atoms with Crippen molar-refractivity contribution in [3.8, 4) is 17.2 Å². The summed E-state index contributed by atoms with van der Waals surface area (Å²) in [6.07, 6.45) is 2.42. The van der Waals surface area contributed by atoms with Crippen molar-refractivity contribution in [2.24, 2.45) is 5.92 Å². The molecule has 1 N–H and O–H groups in total. The Morgan fingerprint density at radius 1 is 1.17 bits per heavy atom. The summed E-state index contributed by atoms with van der Waals surface area (Å²) >= 11 is 0. The SMILES string of the molecule is COc1cc(C(C)NC(=O)COCC2CC2)cc(OC)c1OC. The van der Waals surface area contributed by atoms with Gasteiger partial charge in [0.05, 0.1) is 34.0 Å². The first-order valence-electron chi connectivity index (χ1n) is 7.76. The van der Waals surface area contributed by atoms with Gasteiger partial charge < -0.3 is 24.3 Å². The number of rotatable bonds is 9. The Bertz CT molecular complexity index is 517. The third kappa shape index (κ3) is 4.76. The highest BCUT2D eigenvalue weighted by Gasteiger charge is 2.22. The lowest BCUT2D eigenvalue weighted by Gasteiger charge is -2.18. The Labute approximate surface area is 137 Å². The monoisotopic (exact) mass is 323 g/mol. The predicted molar refractivity (Wildman–Crippen MR) is 86.2 cm³/mol. The van der Waals surface area contributed by atoms with E-state index >= 15 is 0 Å². The molecule has 23 heavy (non-hydrogen) atoms. The largest absolute Gasteiger partial charge is 0.493 e. The number of benzene rings is 1. The Morgan fingerprint density at radius 3 is 2.26 bits per heavy atom. The number of nitrogens with one attached hydrogen (secondary N) is 1. The van der Waals surface area contributed by atoms with E-state index in [1.165, 1.54) is 12.8 Å². The van der Waals surface area contributed by atoms with Crippen molar-refractivity contribution in [3.63, 3.8) is 0 Å². The van der Waals surface area contributed by atoms with Gasteiger partial charge in [-0.15, -0.1) is 0 Å². The highest BCUT2D eigenvalue weighted by Crippen LogP contribution is 2.39. The lowest BCUT2D eigenvalue weighted by molar-refractivity contribution is -0.126. The second-order valence-electron chi connectivity index (χ2n) is 5.71. The smallest absolute Gasteiger partial charge is 0.246 e. The molecule has 2 rings (SSSR count). The molecule has 1 aromatic carbocycles. The van der Waals surface area contributed by atoms with Crippen LogP contribution < -0.4 is 19.5 Å². The Balaban J connectivity index is 1.99. The minimum atomic E-state index is -0.194. The van der Waals surface area contributed by atoms with Crippen LogP contribution in [0.4, 0.5) is 0 Å². The highest BCUT2D eigenvalue weighted by molar-refractivity contribution is 5.77. The fourth-order valence-corrected chi connectivity index (χ4v) is 2.32.